The minimum atomic E-state index is -0.702. The number of azo groups is 1. The summed E-state index contributed by atoms with van der Waals surface area (Å²) in [6.07, 6.45) is 2.55. The van der Waals surface area contributed by atoms with Crippen molar-refractivity contribution in [3.05, 3.63) is 77.4 Å². The number of rotatable bonds is 5. The maximum atomic E-state index is 14.5. The van der Waals surface area contributed by atoms with Gasteiger partial charge in [0.05, 0.1) is 17.3 Å². The van der Waals surface area contributed by atoms with Crippen molar-refractivity contribution in [1.82, 2.24) is 5.32 Å². The number of ether oxygens (including phenoxy) is 1. The summed E-state index contributed by atoms with van der Waals surface area (Å²) in [7, 11) is 0. The Balaban J connectivity index is 1.59. The summed E-state index contributed by atoms with van der Waals surface area (Å²) in [5.41, 5.74) is 0.788. The van der Waals surface area contributed by atoms with Crippen molar-refractivity contribution in [2.75, 3.05) is 0 Å². The number of amides is 1. The number of alkyl carbamates (subject to hydrolysis) is 1. The number of hydrogen-bond donors (Lipinski definition) is 1. The van der Waals surface area contributed by atoms with Crippen LogP contribution in [-0.4, -0.2) is 18.2 Å². The van der Waals surface area contributed by atoms with Gasteiger partial charge < -0.3 is 10.1 Å². The van der Waals surface area contributed by atoms with E-state index in [1.54, 1.807) is 6.08 Å². The first-order valence-corrected chi connectivity index (χ1v) is 11.5. The lowest BCUT2D eigenvalue weighted by Gasteiger charge is -2.31. The third-order valence-electron chi connectivity index (χ3n) is 6.27. The van der Waals surface area contributed by atoms with E-state index in [4.69, 9.17) is 4.74 Å². The highest BCUT2D eigenvalue weighted by Crippen LogP contribution is 2.35. The Hall–Kier alpha value is -3.53. The number of carbonyl (C=O) groups excluding carboxylic acids is 1. The smallest absolute Gasteiger partial charge is 0.407 e. The van der Waals surface area contributed by atoms with Gasteiger partial charge in [0.2, 0.25) is 0 Å². The number of carbonyl (C=O) groups is 1. The molecule has 0 saturated carbocycles. The standard InChI is InChI=1S/C27H27F2N3O2/c1-17(2)20-12-14-23(30-27(33)34-16-18-7-4-3-5-8-18)24-13-11-19(20)15-25(32-31-24)26-21(28)9-6-10-22(26)29/h3-10,15,17,19-20,23-24H,12,14,16H2,1-2H3,(H,30,33)/b25-15-,32-31?/t19?,20?,23-,24?/m1/s1. The van der Waals surface area contributed by atoms with Gasteiger partial charge in [0.1, 0.15) is 18.2 Å². The van der Waals surface area contributed by atoms with E-state index in [1.807, 2.05) is 30.3 Å². The molecule has 1 heterocycles. The van der Waals surface area contributed by atoms with E-state index >= 15 is 0 Å². The zero-order valence-electron chi connectivity index (χ0n) is 19.2. The molecule has 7 heteroatoms. The van der Waals surface area contributed by atoms with Crippen LogP contribution in [0.5, 0.6) is 0 Å². The van der Waals surface area contributed by atoms with Crippen molar-refractivity contribution >= 4 is 11.8 Å². The van der Waals surface area contributed by atoms with Gasteiger partial charge in [-0.2, -0.15) is 10.2 Å². The molecule has 1 N–H and O–H groups in total. The summed E-state index contributed by atoms with van der Waals surface area (Å²) in [6, 6.07) is 12.0. The number of halogens is 2. The zero-order chi connectivity index (χ0) is 24.1. The van der Waals surface area contributed by atoms with Crippen LogP contribution in [0.1, 0.15) is 37.8 Å². The van der Waals surface area contributed by atoms with Crippen LogP contribution in [0.3, 0.4) is 0 Å². The van der Waals surface area contributed by atoms with E-state index < -0.39 is 29.8 Å². The Morgan fingerprint density at radius 3 is 2.53 bits per heavy atom. The van der Waals surface area contributed by atoms with E-state index in [0.29, 0.717) is 6.42 Å². The third-order valence-corrected chi connectivity index (χ3v) is 6.27. The van der Waals surface area contributed by atoms with Crippen molar-refractivity contribution in [2.45, 2.75) is 45.4 Å². The lowest BCUT2D eigenvalue weighted by molar-refractivity contribution is 0.133. The molecule has 4 rings (SSSR count). The van der Waals surface area contributed by atoms with Gasteiger partial charge in [-0.05, 0) is 48.4 Å². The normalized spacial score (nSPS) is 25.1. The maximum absolute atomic E-state index is 14.5. The molecule has 1 aliphatic carbocycles. The number of benzene rings is 2. The van der Waals surface area contributed by atoms with Gasteiger partial charge in [0.25, 0.3) is 0 Å². The Morgan fingerprint density at radius 2 is 1.82 bits per heavy atom. The highest BCUT2D eigenvalue weighted by molar-refractivity contribution is 5.68. The summed E-state index contributed by atoms with van der Waals surface area (Å²) in [6.45, 7) is 4.34. The number of nitrogens with zero attached hydrogens (tertiary/aromatic N) is 2. The van der Waals surface area contributed by atoms with E-state index in [2.05, 4.69) is 41.2 Å². The van der Waals surface area contributed by atoms with Crippen LogP contribution in [-0.2, 0) is 11.3 Å². The van der Waals surface area contributed by atoms with E-state index in [9.17, 15) is 13.6 Å². The van der Waals surface area contributed by atoms with Gasteiger partial charge >= 0.3 is 6.09 Å². The van der Waals surface area contributed by atoms with E-state index in [0.717, 1.165) is 12.0 Å². The predicted octanol–water partition coefficient (Wildman–Crippen LogP) is 6.12. The molecular weight excluding hydrogens is 436 g/mol. The fourth-order valence-electron chi connectivity index (χ4n) is 4.39. The summed E-state index contributed by atoms with van der Waals surface area (Å²) in [5.74, 6) is 5.11. The number of hydrogen-bond acceptors (Lipinski definition) is 4. The van der Waals surface area contributed by atoms with Gasteiger partial charge in [-0.3, -0.25) is 0 Å². The molecule has 0 radical (unpaired) electrons. The summed E-state index contributed by atoms with van der Waals surface area (Å²) in [4.78, 5) is 12.5. The summed E-state index contributed by atoms with van der Waals surface area (Å²) < 4.78 is 34.4. The number of nitrogens with one attached hydrogen (secondary N) is 1. The fourth-order valence-corrected chi connectivity index (χ4v) is 4.39. The van der Waals surface area contributed by atoms with Crippen molar-refractivity contribution in [3.63, 3.8) is 0 Å². The van der Waals surface area contributed by atoms with Crippen molar-refractivity contribution in [3.8, 4) is 11.8 Å². The van der Waals surface area contributed by atoms with Crippen LogP contribution >= 0.6 is 0 Å². The van der Waals surface area contributed by atoms with Crippen LogP contribution in [0.4, 0.5) is 13.6 Å². The Labute approximate surface area is 198 Å². The maximum Gasteiger partial charge on any atom is 0.407 e. The molecule has 1 amide bonds. The Morgan fingerprint density at radius 1 is 1.09 bits per heavy atom. The summed E-state index contributed by atoms with van der Waals surface area (Å²) >= 11 is 0. The van der Waals surface area contributed by atoms with E-state index in [-0.39, 0.29) is 35.6 Å². The molecule has 2 aliphatic rings. The van der Waals surface area contributed by atoms with Crippen LogP contribution < -0.4 is 5.32 Å². The average Bonchev–Trinajstić information content (AvgIpc) is 2.79. The first-order chi connectivity index (χ1) is 16.4. The molecule has 4 atom stereocenters. The number of fused-ring (bicyclic) bond motifs is 2. The molecule has 0 spiro atoms. The lowest BCUT2D eigenvalue weighted by atomic mass is 9.77. The van der Waals surface area contributed by atoms with Crippen LogP contribution in [0.15, 0.2) is 64.8 Å². The molecule has 2 aromatic rings. The fraction of sp³-hybridized carbons (Fsp3) is 0.370. The lowest BCUT2D eigenvalue weighted by Crippen LogP contribution is -2.43. The third kappa shape index (κ3) is 5.51. The largest absolute Gasteiger partial charge is 0.445 e. The Kier molecular flexibility index (Phi) is 7.36. The molecule has 2 bridgehead atoms. The second-order valence-electron chi connectivity index (χ2n) is 8.92. The van der Waals surface area contributed by atoms with Crippen molar-refractivity contribution in [1.29, 1.82) is 0 Å². The average molecular weight is 464 g/mol. The monoisotopic (exact) mass is 463 g/mol. The van der Waals surface area contributed by atoms with Gasteiger partial charge in [0.15, 0.2) is 6.04 Å². The van der Waals surface area contributed by atoms with Gasteiger partial charge in [0, 0.05) is 5.92 Å². The highest BCUT2D eigenvalue weighted by Gasteiger charge is 2.32. The first kappa shape index (κ1) is 23.6. The van der Waals surface area contributed by atoms with Crippen LogP contribution in [0.2, 0.25) is 0 Å². The molecule has 34 heavy (non-hydrogen) atoms. The summed E-state index contributed by atoms with van der Waals surface area (Å²) in [5, 5.41) is 11.4. The first-order valence-electron chi connectivity index (χ1n) is 11.5. The quantitative estimate of drug-likeness (QED) is 0.543. The second kappa shape index (κ2) is 10.6. The topological polar surface area (TPSA) is 63.0 Å². The molecule has 0 saturated heterocycles. The number of allylic oxidation sites excluding steroid dienone is 1. The Bertz CT molecular complexity index is 1130. The molecule has 5 nitrogen and oxygen atoms in total. The van der Waals surface area contributed by atoms with Crippen molar-refractivity contribution in [2.24, 2.45) is 28.0 Å². The van der Waals surface area contributed by atoms with Crippen molar-refractivity contribution < 1.29 is 18.3 Å². The molecule has 3 unspecified atom stereocenters. The highest BCUT2D eigenvalue weighted by atomic mass is 19.1. The second-order valence-corrected chi connectivity index (χ2v) is 8.92. The molecule has 2 aromatic carbocycles. The predicted molar refractivity (Wildman–Crippen MR) is 125 cm³/mol. The van der Waals surface area contributed by atoms with Gasteiger partial charge in [-0.15, -0.1) is 0 Å². The van der Waals surface area contributed by atoms with E-state index in [1.165, 1.54) is 18.2 Å². The molecule has 0 fully saturated rings. The molecule has 1 aliphatic heterocycles. The SMILES string of the molecule is CC(C)C1CC[C@@H](NC(=O)OCc2ccccc2)C2C#CC1/C=C(/c1c(F)cccc1F)N=N2. The van der Waals surface area contributed by atoms with Gasteiger partial charge in [-0.25, -0.2) is 13.6 Å². The van der Waals surface area contributed by atoms with Crippen LogP contribution in [0, 0.1) is 41.2 Å². The van der Waals surface area contributed by atoms with Gasteiger partial charge in [-0.1, -0.05) is 62.1 Å². The minimum absolute atomic E-state index is 0.122. The zero-order valence-corrected chi connectivity index (χ0v) is 19.2. The molecule has 176 valence electrons. The minimum Gasteiger partial charge on any atom is -0.445 e. The molecule has 0 aromatic heterocycles. The molecular formula is C27H27F2N3O2. The van der Waals surface area contributed by atoms with Crippen LogP contribution in [0.25, 0.3) is 5.70 Å².